The van der Waals surface area contributed by atoms with E-state index in [1.807, 2.05) is 0 Å². The van der Waals surface area contributed by atoms with Gasteiger partial charge in [-0.05, 0) is 24.1 Å². The van der Waals surface area contributed by atoms with E-state index in [0.29, 0.717) is 23.7 Å². The van der Waals surface area contributed by atoms with Crippen LogP contribution in [0.25, 0.3) is 0 Å². The van der Waals surface area contributed by atoms with E-state index < -0.39 is 17.9 Å². The second-order valence-electron chi connectivity index (χ2n) is 5.00. The Morgan fingerprint density at radius 3 is 2.55 bits per heavy atom. The van der Waals surface area contributed by atoms with E-state index in [9.17, 15) is 9.59 Å². The summed E-state index contributed by atoms with van der Waals surface area (Å²) in [5.41, 5.74) is 0.301. The molecule has 22 heavy (non-hydrogen) atoms. The molecule has 0 bridgehead atoms. The largest absolute Gasteiger partial charge is 0.493 e. The van der Waals surface area contributed by atoms with Crippen LogP contribution in [0.15, 0.2) is 30.9 Å². The highest BCUT2D eigenvalue weighted by Gasteiger charge is 2.24. The van der Waals surface area contributed by atoms with Gasteiger partial charge in [-0.15, -0.1) is 0 Å². The van der Waals surface area contributed by atoms with E-state index in [4.69, 9.17) is 14.6 Å². The summed E-state index contributed by atoms with van der Waals surface area (Å²) in [5, 5.41) is 11.6. The van der Waals surface area contributed by atoms with Crippen LogP contribution in [0.1, 0.15) is 24.2 Å². The molecule has 0 heterocycles. The lowest BCUT2D eigenvalue weighted by Crippen LogP contribution is -2.44. The minimum absolute atomic E-state index is 0.224. The quantitative estimate of drug-likeness (QED) is 0.718. The lowest BCUT2D eigenvalue weighted by molar-refractivity contribution is -0.140. The van der Waals surface area contributed by atoms with Crippen molar-refractivity contribution in [3.63, 3.8) is 0 Å². The zero-order valence-corrected chi connectivity index (χ0v) is 13.0. The third kappa shape index (κ3) is 4.51. The van der Waals surface area contributed by atoms with Crippen LogP contribution < -0.4 is 14.8 Å². The Kier molecular flexibility index (Phi) is 6.44. The van der Waals surface area contributed by atoms with Gasteiger partial charge in [-0.3, -0.25) is 4.79 Å². The molecule has 1 aromatic carbocycles. The third-order valence-electron chi connectivity index (χ3n) is 3.00. The molecular formula is C16H21NO5. The molecule has 0 aromatic heterocycles. The van der Waals surface area contributed by atoms with Crippen LogP contribution >= 0.6 is 0 Å². The molecule has 0 spiro atoms. The fourth-order valence-corrected chi connectivity index (χ4v) is 1.81. The van der Waals surface area contributed by atoms with Crippen molar-refractivity contribution in [1.29, 1.82) is 0 Å². The first-order valence-corrected chi connectivity index (χ1v) is 6.86. The van der Waals surface area contributed by atoms with Crippen molar-refractivity contribution < 1.29 is 24.2 Å². The summed E-state index contributed by atoms with van der Waals surface area (Å²) in [6.45, 7) is 7.33. The van der Waals surface area contributed by atoms with E-state index in [2.05, 4.69) is 11.9 Å². The molecule has 1 atom stereocenters. The van der Waals surface area contributed by atoms with E-state index in [1.165, 1.54) is 13.2 Å². The normalized spacial score (nSPS) is 11.6. The van der Waals surface area contributed by atoms with Gasteiger partial charge in [0.25, 0.3) is 5.91 Å². The first-order chi connectivity index (χ1) is 10.4. The highest BCUT2D eigenvalue weighted by molar-refractivity contribution is 5.97. The van der Waals surface area contributed by atoms with Gasteiger partial charge in [0.15, 0.2) is 11.5 Å². The van der Waals surface area contributed by atoms with Crippen molar-refractivity contribution in [2.75, 3.05) is 13.7 Å². The van der Waals surface area contributed by atoms with Crippen molar-refractivity contribution in [1.82, 2.24) is 5.32 Å². The maximum atomic E-state index is 12.2. The molecule has 2 N–H and O–H groups in total. The molecule has 1 rings (SSSR count). The van der Waals surface area contributed by atoms with E-state index in [0.717, 1.165) is 0 Å². The number of hydrogen-bond donors (Lipinski definition) is 2. The number of carboxylic acids is 1. The fraction of sp³-hybridized carbons (Fsp3) is 0.375. The minimum atomic E-state index is -1.07. The third-order valence-corrected chi connectivity index (χ3v) is 3.00. The first kappa shape index (κ1) is 17.6. The number of carbonyl (C=O) groups is 2. The summed E-state index contributed by atoms with van der Waals surface area (Å²) in [7, 11) is 1.46. The van der Waals surface area contributed by atoms with Crippen LogP contribution in [0.2, 0.25) is 0 Å². The standard InChI is InChI=1S/C16H21NO5/c1-5-8-22-12-7-6-11(9-13(12)21-4)15(18)17-14(10(2)3)16(19)20/h5-7,9-10,14H,1,8H2,2-4H3,(H,17,18)(H,19,20)/t14-/m1/s1. The van der Waals surface area contributed by atoms with Gasteiger partial charge in [0, 0.05) is 5.56 Å². The number of hydrogen-bond acceptors (Lipinski definition) is 4. The van der Waals surface area contributed by atoms with Gasteiger partial charge in [0.2, 0.25) is 0 Å². The second-order valence-corrected chi connectivity index (χ2v) is 5.00. The molecule has 0 fully saturated rings. The van der Waals surface area contributed by atoms with Crippen LogP contribution in [-0.4, -0.2) is 36.7 Å². The summed E-state index contributed by atoms with van der Waals surface area (Å²) in [4.78, 5) is 23.3. The summed E-state index contributed by atoms with van der Waals surface area (Å²) < 4.78 is 10.6. The van der Waals surface area contributed by atoms with E-state index in [-0.39, 0.29) is 5.92 Å². The van der Waals surface area contributed by atoms with Gasteiger partial charge in [-0.1, -0.05) is 26.5 Å². The molecule has 120 valence electrons. The van der Waals surface area contributed by atoms with Gasteiger partial charge < -0.3 is 19.9 Å². The summed E-state index contributed by atoms with van der Waals surface area (Å²) in [5.74, 6) is -0.891. The molecule has 6 nitrogen and oxygen atoms in total. The molecule has 1 amide bonds. The lowest BCUT2D eigenvalue weighted by Gasteiger charge is -2.18. The number of amides is 1. The Morgan fingerprint density at radius 2 is 2.05 bits per heavy atom. The molecule has 0 aliphatic rings. The monoisotopic (exact) mass is 307 g/mol. The van der Waals surface area contributed by atoms with Gasteiger partial charge in [0.1, 0.15) is 12.6 Å². The fourth-order valence-electron chi connectivity index (χ4n) is 1.81. The zero-order chi connectivity index (χ0) is 16.7. The Hall–Kier alpha value is -2.50. The Balaban J connectivity index is 2.94. The van der Waals surface area contributed by atoms with Gasteiger partial charge in [-0.25, -0.2) is 4.79 Å². The van der Waals surface area contributed by atoms with Gasteiger partial charge >= 0.3 is 5.97 Å². The number of aliphatic carboxylic acids is 1. The smallest absolute Gasteiger partial charge is 0.326 e. The minimum Gasteiger partial charge on any atom is -0.493 e. The highest BCUT2D eigenvalue weighted by Crippen LogP contribution is 2.28. The van der Waals surface area contributed by atoms with Crippen LogP contribution in [0.5, 0.6) is 11.5 Å². The van der Waals surface area contributed by atoms with Crippen molar-refractivity contribution >= 4 is 11.9 Å². The second kappa shape index (κ2) is 8.07. The predicted molar refractivity (Wildman–Crippen MR) is 82.4 cm³/mol. The van der Waals surface area contributed by atoms with Gasteiger partial charge in [0.05, 0.1) is 7.11 Å². The van der Waals surface area contributed by atoms with E-state index >= 15 is 0 Å². The van der Waals surface area contributed by atoms with E-state index in [1.54, 1.807) is 32.1 Å². The van der Waals surface area contributed by atoms with Gasteiger partial charge in [-0.2, -0.15) is 0 Å². The molecule has 6 heteroatoms. The number of nitrogens with one attached hydrogen (secondary N) is 1. The molecule has 0 radical (unpaired) electrons. The SMILES string of the molecule is C=CCOc1ccc(C(=O)N[C@@H](C(=O)O)C(C)C)cc1OC. The molecular weight excluding hydrogens is 286 g/mol. The van der Waals surface area contributed by atoms with Crippen LogP contribution in [0.3, 0.4) is 0 Å². The average molecular weight is 307 g/mol. The van der Waals surface area contributed by atoms with Crippen molar-refractivity contribution in [2.24, 2.45) is 5.92 Å². The maximum Gasteiger partial charge on any atom is 0.326 e. The number of carboxylic acid groups (broad SMARTS) is 1. The number of methoxy groups -OCH3 is 1. The zero-order valence-electron chi connectivity index (χ0n) is 13.0. The Morgan fingerprint density at radius 1 is 1.36 bits per heavy atom. The van der Waals surface area contributed by atoms with Crippen molar-refractivity contribution in [2.45, 2.75) is 19.9 Å². The topological polar surface area (TPSA) is 84.9 Å². The summed E-state index contributed by atoms with van der Waals surface area (Å²) in [6, 6.07) is 3.71. The lowest BCUT2D eigenvalue weighted by atomic mass is 10.0. The summed E-state index contributed by atoms with van der Waals surface area (Å²) in [6.07, 6.45) is 1.60. The molecule has 1 aromatic rings. The molecule has 0 unspecified atom stereocenters. The molecule has 0 saturated carbocycles. The van der Waals surface area contributed by atoms with Crippen molar-refractivity contribution in [3.05, 3.63) is 36.4 Å². The number of rotatable bonds is 8. The van der Waals surface area contributed by atoms with Crippen LogP contribution in [-0.2, 0) is 4.79 Å². The van der Waals surface area contributed by atoms with Crippen LogP contribution in [0.4, 0.5) is 0 Å². The first-order valence-electron chi connectivity index (χ1n) is 6.86. The highest BCUT2D eigenvalue weighted by atomic mass is 16.5. The average Bonchev–Trinajstić information content (AvgIpc) is 2.49. The van der Waals surface area contributed by atoms with Crippen molar-refractivity contribution in [3.8, 4) is 11.5 Å². The molecule has 0 saturated heterocycles. The number of carbonyl (C=O) groups excluding carboxylic acids is 1. The Bertz CT molecular complexity index is 553. The number of ether oxygens (including phenoxy) is 2. The maximum absolute atomic E-state index is 12.2. The summed E-state index contributed by atoms with van der Waals surface area (Å²) >= 11 is 0. The van der Waals surface area contributed by atoms with Crippen LogP contribution in [0, 0.1) is 5.92 Å². The molecule has 0 aliphatic heterocycles. The predicted octanol–water partition coefficient (Wildman–Crippen LogP) is 2.10. The molecule has 0 aliphatic carbocycles. The Labute approximate surface area is 129 Å². The number of benzene rings is 1.